The summed E-state index contributed by atoms with van der Waals surface area (Å²) in [6.45, 7) is 2.33. The van der Waals surface area contributed by atoms with Crippen LogP contribution < -0.4 is 24.8 Å². The summed E-state index contributed by atoms with van der Waals surface area (Å²) in [7, 11) is 5.74. The molecule has 2 fully saturated rings. The number of nitrogens with zero attached hydrogens (tertiary/aromatic N) is 6. The Bertz CT molecular complexity index is 1360. The molecular formula is C26H27Cl2N7O2. The highest BCUT2D eigenvalue weighted by atomic mass is 35.5. The Morgan fingerprint density at radius 3 is 2.54 bits per heavy atom. The maximum Gasteiger partial charge on any atom is 0.265 e. The topological polar surface area (TPSA) is 77.1 Å². The van der Waals surface area contributed by atoms with E-state index < -0.39 is 0 Å². The summed E-state index contributed by atoms with van der Waals surface area (Å²) in [5.74, 6) is 1.46. The van der Waals surface area contributed by atoms with Crippen molar-refractivity contribution in [3.05, 3.63) is 58.2 Å². The van der Waals surface area contributed by atoms with Crippen LogP contribution in [0.15, 0.2) is 42.6 Å². The Kier molecular flexibility index (Phi) is 6.01. The molecule has 2 saturated heterocycles. The van der Waals surface area contributed by atoms with Gasteiger partial charge in [-0.3, -0.25) is 14.6 Å². The van der Waals surface area contributed by atoms with Crippen LogP contribution >= 0.6 is 23.2 Å². The van der Waals surface area contributed by atoms with Crippen molar-refractivity contribution in [2.45, 2.75) is 18.5 Å². The number of benzene rings is 2. The highest BCUT2D eigenvalue weighted by Crippen LogP contribution is 2.40. The van der Waals surface area contributed by atoms with Gasteiger partial charge in [0.1, 0.15) is 17.1 Å². The Hall–Kier alpha value is -3.27. The van der Waals surface area contributed by atoms with Crippen molar-refractivity contribution in [3.63, 3.8) is 0 Å². The third kappa shape index (κ3) is 4.11. The molecule has 3 aliphatic heterocycles. The minimum atomic E-state index is -0.258. The zero-order valence-corrected chi connectivity index (χ0v) is 22.3. The van der Waals surface area contributed by atoms with Gasteiger partial charge in [-0.1, -0.05) is 29.3 Å². The minimum Gasteiger partial charge on any atom is -0.495 e. The molecule has 3 aromatic rings. The van der Waals surface area contributed by atoms with Crippen LogP contribution in [0.25, 0.3) is 0 Å². The molecule has 0 spiro atoms. The molecule has 2 atom stereocenters. The molecule has 2 aromatic carbocycles. The van der Waals surface area contributed by atoms with Crippen molar-refractivity contribution < 1.29 is 9.53 Å². The van der Waals surface area contributed by atoms with Gasteiger partial charge in [-0.25, -0.2) is 4.98 Å². The highest BCUT2D eigenvalue weighted by Gasteiger charge is 2.42. The lowest BCUT2D eigenvalue weighted by molar-refractivity contribution is 0.0982. The van der Waals surface area contributed by atoms with Crippen molar-refractivity contribution >= 4 is 57.9 Å². The van der Waals surface area contributed by atoms with Crippen LogP contribution in [-0.2, 0) is 0 Å². The molecule has 1 aromatic heterocycles. The van der Waals surface area contributed by atoms with Crippen molar-refractivity contribution in [1.82, 2.24) is 14.9 Å². The maximum atomic E-state index is 13.3. The maximum absolute atomic E-state index is 13.3. The second kappa shape index (κ2) is 9.24. The van der Waals surface area contributed by atoms with Gasteiger partial charge in [-0.05, 0) is 37.7 Å². The molecule has 0 radical (unpaired) electrons. The molecule has 0 saturated carbocycles. The molecule has 4 heterocycles. The smallest absolute Gasteiger partial charge is 0.265 e. The number of halogens is 2. The third-order valence-corrected chi connectivity index (χ3v) is 8.04. The van der Waals surface area contributed by atoms with Crippen LogP contribution in [0.4, 0.5) is 28.8 Å². The number of nitrogens with one attached hydrogen (secondary N) is 1. The molecule has 3 aliphatic rings. The first-order valence-corrected chi connectivity index (χ1v) is 12.9. The third-order valence-electron chi connectivity index (χ3n) is 7.43. The first-order chi connectivity index (χ1) is 17.8. The summed E-state index contributed by atoms with van der Waals surface area (Å²) in [5.41, 5.74) is 2.75. The van der Waals surface area contributed by atoms with Gasteiger partial charge in [-0.15, -0.1) is 0 Å². The number of anilines is 5. The lowest BCUT2D eigenvalue weighted by Gasteiger charge is -2.35. The average molecular weight is 540 g/mol. The minimum absolute atomic E-state index is 0.251. The van der Waals surface area contributed by atoms with Crippen LogP contribution in [0.1, 0.15) is 16.8 Å². The molecule has 1 amide bonds. The molecule has 0 aliphatic carbocycles. The number of aromatic nitrogens is 2. The Balaban J connectivity index is 1.24. The van der Waals surface area contributed by atoms with Crippen LogP contribution in [0.2, 0.25) is 10.0 Å². The summed E-state index contributed by atoms with van der Waals surface area (Å²) in [4.78, 5) is 30.7. The fourth-order valence-corrected chi connectivity index (χ4v) is 6.17. The van der Waals surface area contributed by atoms with E-state index in [4.69, 9.17) is 27.9 Å². The van der Waals surface area contributed by atoms with E-state index in [-0.39, 0.29) is 12.6 Å². The van der Waals surface area contributed by atoms with E-state index in [0.29, 0.717) is 45.1 Å². The van der Waals surface area contributed by atoms with Gasteiger partial charge in [0.2, 0.25) is 5.95 Å². The van der Waals surface area contributed by atoms with Gasteiger partial charge < -0.3 is 19.9 Å². The number of carbonyl (C=O) groups is 1. The molecule has 37 heavy (non-hydrogen) atoms. The van der Waals surface area contributed by atoms with Gasteiger partial charge in [-0.2, -0.15) is 4.98 Å². The quantitative estimate of drug-likeness (QED) is 0.508. The number of piperazine rings is 1. The standard InChI is InChI=1S/C26H27Cl2N7O2/c1-32-12-17-10-16(32)13-34(17)21-8-7-15(9-22(21)37-3)30-26-29-11-18-24(31-26)33(2)14-35(25(18)36)23-19(27)5-4-6-20(23)28/h4-9,11,16-17H,10,12-14H2,1-3H3,(H,29,30,31). The van der Waals surface area contributed by atoms with E-state index in [9.17, 15) is 4.79 Å². The van der Waals surface area contributed by atoms with Crippen molar-refractivity contribution in [2.24, 2.45) is 0 Å². The number of carbonyl (C=O) groups excluding carboxylic acids is 1. The predicted octanol–water partition coefficient (Wildman–Crippen LogP) is 4.48. The Labute approximate surface area is 225 Å². The largest absolute Gasteiger partial charge is 0.495 e. The first-order valence-electron chi connectivity index (χ1n) is 12.1. The number of rotatable bonds is 5. The number of hydrogen-bond acceptors (Lipinski definition) is 8. The summed E-state index contributed by atoms with van der Waals surface area (Å²) in [6.07, 6.45) is 2.72. The van der Waals surface area contributed by atoms with Crippen molar-refractivity contribution in [1.29, 1.82) is 0 Å². The SMILES string of the molecule is COc1cc(Nc2ncc3c(n2)N(C)CN(c2c(Cl)cccc2Cl)C3=O)ccc1N1CC2CC1CN2C. The van der Waals surface area contributed by atoms with Gasteiger partial charge >= 0.3 is 0 Å². The van der Waals surface area contributed by atoms with Crippen LogP contribution in [0.5, 0.6) is 5.75 Å². The lowest BCUT2D eigenvalue weighted by Crippen LogP contribution is -2.46. The molecular weight excluding hydrogens is 513 g/mol. The van der Waals surface area contributed by atoms with Crippen LogP contribution in [-0.4, -0.2) is 73.8 Å². The van der Waals surface area contributed by atoms with E-state index in [1.807, 2.05) is 24.1 Å². The number of amides is 1. The van der Waals surface area contributed by atoms with E-state index >= 15 is 0 Å². The highest BCUT2D eigenvalue weighted by molar-refractivity contribution is 6.40. The first kappa shape index (κ1) is 24.1. The molecule has 2 bridgehead atoms. The fourth-order valence-electron chi connectivity index (χ4n) is 5.57. The summed E-state index contributed by atoms with van der Waals surface area (Å²) in [6, 6.07) is 12.3. The Morgan fingerprint density at radius 1 is 1.08 bits per heavy atom. The monoisotopic (exact) mass is 539 g/mol. The van der Waals surface area contributed by atoms with Crippen LogP contribution in [0.3, 0.4) is 0 Å². The number of fused-ring (bicyclic) bond motifs is 3. The molecule has 9 nitrogen and oxygen atoms in total. The van der Waals surface area contributed by atoms with Crippen molar-refractivity contribution in [2.75, 3.05) is 61.0 Å². The van der Waals surface area contributed by atoms with E-state index in [1.165, 1.54) is 17.5 Å². The average Bonchev–Trinajstić information content (AvgIpc) is 3.46. The van der Waals surface area contributed by atoms with E-state index in [0.717, 1.165) is 30.2 Å². The summed E-state index contributed by atoms with van der Waals surface area (Å²) >= 11 is 12.7. The molecule has 6 rings (SSSR count). The van der Waals surface area contributed by atoms with E-state index in [2.05, 4.69) is 38.2 Å². The van der Waals surface area contributed by atoms with Crippen LogP contribution in [0, 0.1) is 0 Å². The van der Waals surface area contributed by atoms with E-state index in [1.54, 1.807) is 25.3 Å². The second-order valence-corrected chi connectivity index (χ2v) is 10.5. The number of ether oxygens (including phenoxy) is 1. The summed E-state index contributed by atoms with van der Waals surface area (Å²) in [5, 5.41) is 4.07. The molecule has 2 unspecified atom stereocenters. The number of para-hydroxylation sites is 1. The van der Waals surface area contributed by atoms with Gasteiger partial charge in [0.15, 0.2) is 0 Å². The second-order valence-electron chi connectivity index (χ2n) is 9.72. The number of methoxy groups -OCH3 is 1. The zero-order valence-electron chi connectivity index (χ0n) is 20.8. The normalized spacial score (nSPS) is 21.0. The zero-order chi connectivity index (χ0) is 25.8. The van der Waals surface area contributed by atoms with Gasteiger partial charge in [0.05, 0.1) is 35.2 Å². The fraction of sp³-hybridized carbons (Fsp3) is 0.346. The molecule has 192 valence electrons. The molecule has 1 N–H and O–H groups in total. The summed E-state index contributed by atoms with van der Waals surface area (Å²) < 4.78 is 5.75. The van der Waals surface area contributed by atoms with Gasteiger partial charge in [0.25, 0.3) is 5.91 Å². The number of likely N-dealkylation sites (tertiary alicyclic amines) is 1. The number of hydrogen-bond donors (Lipinski definition) is 1. The number of likely N-dealkylation sites (N-methyl/N-ethyl adjacent to an activating group) is 1. The molecule has 11 heteroatoms. The predicted molar refractivity (Wildman–Crippen MR) is 147 cm³/mol. The Morgan fingerprint density at radius 2 is 1.86 bits per heavy atom. The lowest BCUT2D eigenvalue weighted by atomic mass is 10.2. The van der Waals surface area contributed by atoms with Gasteiger partial charge in [0, 0.05) is 50.2 Å². The van der Waals surface area contributed by atoms with Crippen molar-refractivity contribution in [3.8, 4) is 5.75 Å².